The molecule has 11 heteroatoms. The summed E-state index contributed by atoms with van der Waals surface area (Å²) >= 11 is 0. The zero-order valence-electron chi connectivity index (χ0n) is 15.8. The van der Waals surface area contributed by atoms with Crippen molar-refractivity contribution >= 4 is 5.78 Å². The quantitative estimate of drug-likeness (QED) is 0.189. The molecule has 0 aliphatic rings. The summed E-state index contributed by atoms with van der Waals surface area (Å²) in [6.45, 7) is 0. The largest absolute Gasteiger partial charge is 0.573 e. The van der Waals surface area contributed by atoms with Crippen LogP contribution in [0.3, 0.4) is 0 Å². The minimum absolute atomic E-state index is 0. The predicted octanol–water partition coefficient (Wildman–Crippen LogP) is 4.67. The summed E-state index contributed by atoms with van der Waals surface area (Å²) in [5.74, 6) is -3.29. The van der Waals surface area contributed by atoms with E-state index in [2.05, 4.69) is 26.2 Å². The zero-order valence-corrected chi connectivity index (χ0v) is 18.2. The van der Waals surface area contributed by atoms with Gasteiger partial charge in [-0.2, -0.15) is 13.2 Å². The number of hydrogen-bond acceptors (Lipinski definition) is 4. The van der Waals surface area contributed by atoms with Crippen LogP contribution in [0.1, 0.15) is 10.5 Å². The third kappa shape index (κ3) is 6.35. The van der Waals surface area contributed by atoms with E-state index in [1.807, 2.05) is 0 Å². The van der Waals surface area contributed by atoms with Gasteiger partial charge in [0.1, 0.15) is 0 Å². The number of carbonyl (C=O) groups excluding carboxylic acids is 1. The molecule has 4 aromatic rings. The van der Waals surface area contributed by atoms with Gasteiger partial charge in [-0.15, -0.1) is 12.1 Å². The summed E-state index contributed by atoms with van der Waals surface area (Å²) in [6, 6.07) is 15.4. The van der Waals surface area contributed by atoms with E-state index in [1.54, 1.807) is 42.6 Å². The van der Waals surface area contributed by atoms with E-state index in [0.717, 1.165) is 18.2 Å². The van der Waals surface area contributed by atoms with E-state index in [4.69, 9.17) is 0 Å². The molecule has 5 nitrogen and oxygen atoms in total. The summed E-state index contributed by atoms with van der Waals surface area (Å²) in [4.78, 5) is 18.7. The number of aromatic nitrogens is 4. The normalized spacial score (nSPS) is 10.5. The van der Waals surface area contributed by atoms with Crippen LogP contribution in [-0.4, -0.2) is 27.0 Å². The molecule has 167 valence electrons. The van der Waals surface area contributed by atoms with Gasteiger partial charge in [0.15, 0.2) is 0 Å². The van der Waals surface area contributed by atoms with E-state index >= 15 is 0 Å². The fraction of sp³-hybridized carbons (Fsp3) is 0.0476. The summed E-state index contributed by atoms with van der Waals surface area (Å²) in [7, 11) is 0. The van der Waals surface area contributed by atoms with Crippen LogP contribution in [-0.2, 0) is 20.1 Å². The fourth-order valence-corrected chi connectivity index (χ4v) is 2.34. The van der Waals surface area contributed by atoms with Gasteiger partial charge in [-0.1, -0.05) is 35.5 Å². The number of pyridine rings is 2. The average molecular weight is 623 g/mol. The van der Waals surface area contributed by atoms with Crippen LogP contribution in [0.4, 0.5) is 22.0 Å². The maximum atomic E-state index is 13.2. The Hall–Kier alpha value is -3.30. The van der Waals surface area contributed by atoms with Gasteiger partial charge in [0.05, 0.1) is 5.69 Å². The van der Waals surface area contributed by atoms with Crippen molar-refractivity contribution in [2.75, 3.05) is 0 Å². The number of alkyl halides is 3. The SMILES string of the molecule is Fc1c[c-]c(-c2ccccn2)c(F)c1.O=C(c1cc(-c2ccccn2)[n-]n1)C(F)(F)F.[Ir]. The molecule has 0 saturated heterocycles. The molecule has 1 aromatic carbocycles. The first kappa shape index (κ1) is 25.0. The molecule has 3 heterocycles. The van der Waals surface area contributed by atoms with Crippen LogP contribution >= 0.6 is 0 Å². The molecule has 0 spiro atoms. The van der Waals surface area contributed by atoms with Crippen molar-refractivity contribution in [1.82, 2.24) is 20.2 Å². The van der Waals surface area contributed by atoms with E-state index in [9.17, 15) is 26.7 Å². The molecule has 0 aliphatic carbocycles. The van der Waals surface area contributed by atoms with Crippen LogP contribution in [0, 0.1) is 17.7 Å². The zero-order chi connectivity index (χ0) is 22.4. The van der Waals surface area contributed by atoms with Crippen LogP contribution in [0.25, 0.3) is 22.6 Å². The van der Waals surface area contributed by atoms with Crippen molar-refractivity contribution in [3.05, 3.63) is 90.4 Å². The van der Waals surface area contributed by atoms with Crippen LogP contribution < -0.4 is 5.10 Å². The van der Waals surface area contributed by atoms with Crippen molar-refractivity contribution < 1.29 is 46.9 Å². The second-order valence-electron chi connectivity index (χ2n) is 5.91. The molecular weight excluding hydrogens is 611 g/mol. The number of rotatable bonds is 3. The topological polar surface area (TPSA) is 69.8 Å². The molecule has 0 fully saturated rings. The smallest absolute Gasteiger partial charge is 0.456 e. The Kier molecular flexibility index (Phi) is 8.45. The Morgan fingerprint density at radius 2 is 1.56 bits per heavy atom. The standard InChI is InChI=1S/C11H6F2N.C10H6F3N3O.Ir/c12-8-4-5-9(10(13)7-8)11-3-1-2-6-14-11;11-10(12,13)9(17)8-5-7(15-16-8)6-3-1-2-4-14-6;/h1-4,6-7H;1-5H,(H,14,15,16,17);/q-1;;/p-1. The Balaban J connectivity index is 0.000000224. The van der Waals surface area contributed by atoms with Crippen molar-refractivity contribution in [1.29, 1.82) is 0 Å². The molecule has 4 rings (SSSR count). The third-order valence-corrected chi connectivity index (χ3v) is 3.74. The van der Waals surface area contributed by atoms with Crippen LogP contribution in [0.5, 0.6) is 0 Å². The average Bonchev–Trinajstić information content (AvgIpc) is 3.24. The molecule has 0 amide bonds. The molecule has 3 aromatic heterocycles. The second-order valence-corrected chi connectivity index (χ2v) is 5.91. The van der Waals surface area contributed by atoms with Gasteiger partial charge < -0.3 is 15.2 Å². The molecule has 0 aliphatic heterocycles. The number of carbonyl (C=O) groups is 1. The van der Waals surface area contributed by atoms with E-state index < -0.39 is 29.3 Å². The molecule has 0 bridgehead atoms. The van der Waals surface area contributed by atoms with Crippen molar-refractivity contribution in [2.45, 2.75) is 6.18 Å². The Morgan fingerprint density at radius 1 is 0.938 bits per heavy atom. The van der Waals surface area contributed by atoms with Gasteiger partial charge >= 0.3 is 6.18 Å². The molecule has 0 unspecified atom stereocenters. The number of benzene rings is 1. The van der Waals surface area contributed by atoms with E-state index in [1.165, 1.54) is 6.20 Å². The minimum Gasteiger partial charge on any atom is -0.573 e. The number of nitrogens with zero attached hydrogens (tertiary/aromatic N) is 4. The first-order valence-electron chi connectivity index (χ1n) is 8.57. The number of halogens is 5. The first-order chi connectivity index (χ1) is 14.8. The van der Waals surface area contributed by atoms with Crippen molar-refractivity contribution in [3.8, 4) is 22.6 Å². The Bertz CT molecular complexity index is 1170. The molecular formula is C21H11F5IrN4O-2. The predicted molar refractivity (Wildman–Crippen MR) is 99.6 cm³/mol. The summed E-state index contributed by atoms with van der Waals surface area (Å²) in [5, 5.41) is 6.69. The van der Waals surface area contributed by atoms with Crippen LogP contribution in [0.2, 0.25) is 0 Å². The van der Waals surface area contributed by atoms with E-state index in [0.29, 0.717) is 11.4 Å². The van der Waals surface area contributed by atoms with Crippen molar-refractivity contribution in [2.24, 2.45) is 0 Å². The maximum Gasteiger partial charge on any atom is 0.456 e. The number of ketones is 1. The van der Waals surface area contributed by atoms with Gasteiger partial charge in [0.25, 0.3) is 5.78 Å². The molecule has 1 radical (unpaired) electrons. The van der Waals surface area contributed by atoms with Crippen molar-refractivity contribution in [3.63, 3.8) is 0 Å². The summed E-state index contributed by atoms with van der Waals surface area (Å²) < 4.78 is 62.1. The minimum atomic E-state index is -4.94. The summed E-state index contributed by atoms with van der Waals surface area (Å²) in [6.07, 6.45) is -1.92. The van der Waals surface area contributed by atoms with Gasteiger partial charge in [0.2, 0.25) is 0 Å². The third-order valence-electron chi connectivity index (χ3n) is 3.74. The van der Waals surface area contributed by atoms with E-state index in [-0.39, 0.29) is 31.4 Å². The van der Waals surface area contributed by atoms with Gasteiger partial charge in [-0.05, 0) is 30.0 Å². The van der Waals surface area contributed by atoms with Gasteiger partial charge in [-0.3, -0.25) is 18.6 Å². The number of hydrogen-bond donors (Lipinski definition) is 0. The number of Topliss-reactive ketones (excluding diaryl/α,β-unsaturated/α-hetero) is 1. The molecule has 0 N–H and O–H groups in total. The molecule has 0 saturated carbocycles. The van der Waals surface area contributed by atoms with Gasteiger partial charge in [0, 0.05) is 49.8 Å². The summed E-state index contributed by atoms with van der Waals surface area (Å²) in [5.41, 5.74) is 0.412. The molecule has 32 heavy (non-hydrogen) atoms. The Labute approximate surface area is 192 Å². The fourth-order valence-electron chi connectivity index (χ4n) is 2.34. The first-order valence-corrected chi connectivity index (χ1v) is 8.57. The van der Waals surface area contributed by atoms with Gasteiger partial charge in [-0.25, -0.2) is 0 Å². The molecule has 0 atom stereocenters. The maximum absolute atomic E-state index is 13.2. The second kappa shape index (κ2) is 10.8. The Morgan fingerprint density at radius 3 is 2.09 bits per heavy atom. The monoisotopic (exact) mass is 623 g/mol. The van der Waals surface area contributed by atoms with Crippen LogP contribution in [0.15, 0.2) is 67.0 Å².